The van der Waals surface area contributed by atoms with Crippen molar-refractivity contribution in [3.63, 3.8) is 0 Å². The van der Waals surface area contributed by atoms with Gasteiger partial charge in [0.15, 0.2) is 5.13 Å². The number of nitrogens with zero attached hydrogens (tertiary/aromatic N) is 1. The molecule has 0 radical (unpaired) electrons. The Bertz CT molecular complexity index is 471. The van der Waals surface area contributed by atoms with Gasteiger partial charge < -0.3 is 4.74 Å². The topological polar surface area (TPSA) is 68.3 Å². The van der Waals surface area contributed by atoms with Gasteiger partial charge >= 0.3 is 11.9 Å². The lowest BCUT2D eigenvalue weighted by Crippen LogP contribution is -2.09. The van der Waals surface area contributed by atoms with Crippen LogP contribution in [0.2, 0.25) is 0 Å². The van der Waals surface area contributed by atoms with Crippen LogP contribution in [0, 0.1) is 11.8 Å². The monoisotopic (exact) mass is 252 g/mol. The van der Waals surface area contributed by atoms with Crippen molar-refractivity contribution in [2.45, 2.75) is 20.3 Å². The fourth-order valence-corrected chi connectivity index (χ4v) is 1.75. The molecular formula is C11H12N2O3S. The van der Waals surface area contributed by atoms with E-state index in [1.165, 1.54) is 11.3 Å². The number of carbonyl (C=O) groups excluding carboxylic acids is 2. The first-order valence-electron chi connectivity index (χ1n) is 4.99. The van der Waals surface area contributed by atoms with Crippen LogP contribution in [-0.4, -0.2) is 23.5 Å². The fourth-order valence-electron chi connectivity index (χ4n) is 1.05. The molecular weight excluding hydrogens is 240 g/mol. The number of ether oxygens (including phenoxy) is 1. The number of aromatic nitrogens is 1. The van der Waals surface area contributed by atoms with E-state index in [2.05, 4.69) is 22.1 Å². The molecule has 0 aliphatic heterocycles. The molecule has 90 valence electrons. The molecule has 0 saturated carbocycles. The Hall–Kier alpha value is -1.87. The largest absolute Gasteiger partial charge is 0.466 e. The maximum Gasteiger partial charge on any atom is 0.311 e. The smallest absolute Gasteiger partial charge is 0.311 e. The quantitative estimate of drug-likeness (QED) is 0.646. The van der Waals surface area contributed by atoms with Crippen molar-refractivity contribution >= 4 is 28.3 Å². The molecule has 0 fully saturated rings. The van der Waals surface area contributed by atoms with Crippen molar-refractivity contribution in [3.05, 3.63) is 11.1 Å². The lowest BCUT2D eigenvalue weighted by molar-refractivity contribution is -0.142. The number of amides is 1. The molecule has 0 unspecified atom stereocenters. The first-order chi connectivity index (χ1) is 8.15. The lowest BCUT2D eigenvalue weighted by atomic mass is 10.3. The summed E-state index contributed by atoms with van der Waals surface area (Å²) in [7, 11) is 0. The number of hydrogen-bond acceptors (Lipinski definition) is 5. The van der Waals surface area contributed by atoms with Crippen LogP contribution in [0.15, 0.2) is 5.38 Å². The minimum atomic E-state index is -0.412. The molecule has 1 rings (SSSR count). The third kappa shape index (κ3) is 4.66. The summed E-state index contributed by atoms with van der Waals surface area (Å²) >= 11 is 1.25. The Labute approximate surface area is 103 Å². The minimum Gasteiger partial charge on any atom is -0.466 e. The number of thiazole rings is 1. The molecule has 6 heteroatoms. The lowest BCUT2D eigenvalue weighted by Gasteiger charge is -1.98. The molecule has 1 aromatic heterocycles. The zero-order valence-electron chi connectivity index (χ0n) is 9.57. The van der Waals surface area contributed by atoms with E-state index < -0.39 is 5.91 Å². The SMILES string of the molecule is CC#CC(=O)Nc1nc(CC(=O)OCC)cs1. The van der Waals surface area contributed by atoms with Gasteiger partial charge in [0, 0.05) is 5.38 Å². The Balaban J connectivity index is 2.55. The van der Waals surface area contributed by atoms with Gasteiger partial charge in [0.1, 0.15) is 0 Å². The van der Waals surface area contributed by atoms with Gasteiger partial charge in [-0.1, -0.05) is 5.92 Å². The molecule has 1 heterocycles. The van der Waals surface area contributed by atoms with Gasteiger partial charge in [-0.3, -0.25) is 14.9 Å². The van der Waals surface area contributed by atoms with Crippen LogP contribution in [0.25, 0.3) is 0 Å². The molecule has 0 aliphatic rings. The minimum absolute atomic E-state index is 0.111. The standard InChI is InChI=1S/C11H12N2O3S/c1-3-5-9(14)13-11-12-8(7-17-11)6-10(15)16-4-2/h7H,4,6H2,1-2H3,(H,12,13,14). The molecule has 0 bridgehead atoms. The summed E-state index contributed by atoms with van der Waals surface area (Å²) in [6, 6.07) is 0. The summed E-state index contributed by atoms with van der Waals surface area (Å²) in [5, 5.41) is 4.64. The van der Waals surface area contributed by atoms with E-state index in [9.17, 15) is 9.59 Å². The van der Waals surface area contributed by atoms with Crippen molar-refractivity contribution in [1.82, 2.24) is 4.98 Å². The van der Waals surface area contributed by atoms with Gasteiger partial charge in [0.2, 0.25) is 0 Å². The Morgan fingerprint density at radius 1 is 1.59 bits per heavy atom. The van der Waals surface area contributed by atoms with Gasteiger partial charge in [-0.25, -0.2) is 4.98 Å². The van der Waals surface area contributed by atoms with Crippen LogP contribution < -0.4 is 5.32 Å². The van der Waals surface area contributed by atoms with Crippen molar-refractivity contribution in [1.29, 1.82) is 0 Å². The number of hydrogen-bond donors (Lipinski definition) is 1. The maximum atomic E-state index is 11.2. The van der Waals surface area contributed by atoms with Gasteiger partial charge in [-0.15, -0.1) is 11.3 Å². The Morgan fingerprint density at radius 2 is 2.35 bits per heavy atom. The van der Waals surface area contributed by atoms with Crippen LogP contribution in [0.4, 0.5) is 5.13 Å². The molecule has 0 atom stereocenters. The summed E-state index contributed by atoms with van der Waals surface area (Å²) in [5.74, 6) is 4.08. The van der Waals surface area contributed by atoms with E-state index in [0.717, 1.165) is 0 Å². The molecule has 1 amide bonds. The average molecular weight is 252 g/mol. The molecule has 0 spiro atoms. The predicted octanol–water partition coefficient (Wildman–Crippen LogP) is 1.21. The molecule has 0 aliphatic carbocycles. The number of nitrogens with one attached hydrogen (secondary N) is 1. The summed E-state index contributed by atoms with van der Waals surface area (Å²) in [6.45, 7) is 3.67. The van der Waals surface area contributed by atoms with E-state index in [1.54, 1.807) is 19.2 Å². The van der Waals surface area contributed by atoms with Gasteiger partial charge in [0.25, 0.3) is 0 Å². The first kappa shape index (κ1) is 13.2. The highest BCUT2D eigenvalue weighted by molar-refractivity contribution is 7.14. The number of rotatable bonds is 4. The van der Waals surface area contributed by atoms with E-state index in [-0.39, 0.29) is 12.4 Å². The highest BCUT2D eigenvalue weighted by atomic mass is 32.1. The van der Waals surface area contributed by atoms with E-state index >= 15 is 0 Å². The number of anilines is 1. The number of esters is 1. The second-order valence-corrected chi connectivity index (χ2v) is 3.81. The zero-order chi connectivity index (χ0) is 12.7. The molecule has 0 saturated heterocycles. The fraction of sp³-hybridized carbons (Fsp3) is 0.364. The normalized spacial score (nSPS) is 9.06. The van der Waals surface area contributed by atoms with Crippen LogP contribution in [0.1, 0.15) is 19.5 Å². The second kappa shape index (κ2) is 6.66. The van der Waals surface area contributed by atoms with Crippen molar-refractivity contribution in [2.75, 3.05) is 11.9 Å². The van der Waals surface area contributed by atoms with Crippen LogP contribution in [0.5, 0.6) is 0 Å². The summed E-state index contributed by atoms with van der Waals surface area (Å²) in [4.78, 5) is 26.4. The Kier molecular flexibility index (Phi) is 5.17. The molecule has 17 heavy (non-hydrogen) atoms. The van der Waals surface area contributed by atoms with E-state index in [0.29, 0.717) is 17.4 Å². The molecule has 5 nitrogen and oxygen atoms in total. The summed E-state index contributed by atoms with van der Waals surface area (Å²) in [5.41, 5.74) is 0.577. The predicted molar refractivity (Wildman–Crippen MR) is 64.5 cm³/mol. The molecule has 0 aromatic carbocycles. The molecule has 1 N–H and O–H groups in total. The van der Waals surface area contributed by atoms with Crippen molar-refractivity contribution in [3.8, 4) is 11.8 Å². The van der Waals surface area contributed by atoms with E-state index in [4.69, 9.17) is 4.74 Å². The van der Waals surface area contributed by atoms with Crippen LogP contribution >= 0.6 is 11.3 Å². The zero-order valence-corrected chi connectivity index (χ0v) is 10.4. The van der Waals surface area contributed by atoms with Gasteiger partial charge in [0.05, 0.1) is 18.7 Å². The van der Waals surface area contributed by atoms with Crippen LogP contribution in [-0.2, 0) is 20.7 Å². The van der Waals surface area contributed by atoms with Crippen molar-refractivity contribution in [2.24, 2.45) is 0 Å². The summed E-state index contributed by atoms with van der Waals surface area (Å²) < 4.78 is 4.79. The van der Waals surface area contributed by atoms with Crippen molar-refractivity contribution < 1.29 is 14.3 Å². The Morgan fingerprint density at radius 3 is 3.00 bits per heavy atom. The highest BCUT2D eigenvalue weighted by Crippen LogP contribution is 2.15. The third-order valence-corrected chi connectivity index (χ3v) is 2.45. The third-order valence-electron chi connectivity index (χ3n) is 1.64. The van der Waals surface area contributed by atoms with Gasteiger partial charge in [-0.05, 0) is 19.8 Å². The van der Waals surface area contributed by atoms with Crippen LogP contribution in [0.3, 0.4) is 0 Å². The highest BCUT2D eigenvalue weighted by Gasteiger charge is 2.09. The summed E-state index contributed by atoms with van der Waals surface area (Å²) in [6.07, 6.45) is 0.111. The molecule has 1 aromatic rings. The van der Waals surface area contributed by atoms with E-state index in [1.807, 2.05) is 0 Å². The first-order valence-corrected chi connectivity index (χ1v) is 5.87. The second-order valence-electron chi connectivity index (χ2n) is 2.95. The maximum absolute atomic E-state index is 11.2. The van der Waals surface area contributed by atoms with Gasteiger partial charge in [-0.2, -0.15) is 0 Å². The average Bonchev–Trinajstić information content (AvgIpc) is 2.66. The number of carbonyl (C=O) groups is 2.